The van der Waals surface area contributed by atoms with Crippen LogP contribution in [0.3, 0.4) is 0 Å². The SMILES string of the molecule is CCCN1CCCc2cc(CN(CCCOC(C)C)C(=S)Nc3cccc(SC)c3)ccc21. The van der Waals surface area contributed by atoms with E-state index in [0.717, 1.165) is 49.9 Å². The summed E-state index contributed by atoms with van der Waals surface area (Å²) in [6, 6.07) is 15.4. The van der Waals surface area contributed by atoms with E-state index in [0.29, 0.717) is 0 Å². The molecular weight excluding hydrogens is 446 g/mol. The zero-order valence-corrected chi connectivity index (χ0v) is 22.2. The summed E-state index contributed by atoms with van der Waals surface area (Å²) < 4.78 is 5.78. The normalized spacial score (nSPS) is 13.2. The van der Waals surface area contributed by atoms with Gasteiger partial charge in [-0.3, -0.25) is 0 Å². The number of nitrogens with zero attached hydrogens (tertiary/aromatic N) is 2. The number of rotatable bonds is 11. The minimum absolute atomic E-state index is 0.254. The van der Waals surface area contributed by atoms with Gasteiger partial charge in [-0.1, -0.05) is 25.1 Å². The molecule has 2 aromatic carbocycles. The zero-order valence-electron chi connectivity index (χ0n) is 20.6. The third-order valence-electron chi connectivity index (χ3n) is 5.86. The lowest BCUT2D eigenvalue weighted by Gasteiger charge is -2.32. The van der Waals surface area contributed by atoms with Crippen LogP contribution < -0.4 is 10.2 Å². The molecule has 0 bridgehead atoms. The molecule has 0 saturated carbocycles. The van der Waals surface area contributed by atoms with Crippen LogP contribution in [0.25, 0.3) is 0 Å². The van der Waals surface area contributed by atoms with Gasteiger partial charge in [-0.25, -0.2) is 0 Å². The molecule has 33 heavy (non-hydrogen) atoms. The molecule has 0 atom stereocenters. The van der Waals surface area contributed by atoms with Gasteiger partial charge in [-0.05, 0) is 93.4 Å². The minimum atomic E-state index is 0.254. The van der Waals surface area contributed by atoms with Gasteiger partial charge in [0.05, 0.1) is 6.10 Å². The maximum Gasteiger partial charge on any atom is 0.173 e. The smallest absolute Gasteiger partial charge is 0.173 e. The Morgan fingerprint density at radius 3 is 2.85 bits per heavy atom. The minimum Gasteiger partial charge on any atom is -0.379 e. The third-order valence-corrected chi connectivity index (χ3v) is 6.94. The maximum absolute atomic E-state index is 5.87. The fourth-order valence-corrected chi connectivity index (χ4v) is 5.01. The highest BCUT2D eigenvalue weighted by atomic mass is 32.2. The van der Waals surface area contributed by atoms with Crippen LogP contribution in [0.15, 0.2) is 47.4 Å². The Bertz CT molecular complexity index is 903. The van der Waals surface area contributed by atoms with E-state index >= 15 is 0 Å². The van der Waals surface area contributed by atoms with Gasteiger partial charge in [0.1, 0.15) is 0 Å². The fraction of sp³-hybridized carbons (Fsp3) is 0.519. The Morgan fingerprint density at radius 2 is 2.09 bits per heavy atom. The lowest BCUT2D eigenvalue weighted by atomic mass is 9.99. The third kappa shape index (κ3) is 7.90. The molecule has 0 saturated heterocycles. The van der Waals surface area contributed by atoms with Crippen LogP contribution in [0, 0.1) is 0 Å². The Morgan fingerprint density at radius 1 is 1.24 bits per heavy atom. The first kappa shape index (κ1) is 25.9. The Hall–Kier alpha value is -1.76. The van der Waals surface area contributed by atoms with Gasteiger partial charge in [0.25, 0.3) is 0 Å². The number of ether oxygens (including phenoxy) is 1. The van der Waals surface area contributed by atoms with Crippen LogP contribution >= 0.6 is 24.0 Å². The summed E-state index contributed by atoms with van der Waals surface area (Å²) in [7, 11) is 0. The number of thioether (sulfide) groups is 1. The quantitative estimate of drug-likeness (QED) is 0.219. The summed E-state index contributed by atoms with van der Waals surface area (Å²) in [5.74, 6) is 0. The monoisotopic (exact) mass is 485 g/mol. The second-order valence-corrected chi connectivity index (χ2v) is 10.2. The second kappa shape index (κ2) is 13.2. The first-order chi connectivity index (χ1) is 16.0. The molecule has 0 fully saturated rings. The number of nitrogens with one attached hydrogen (secondary N) is 1. The standard InChI is InChI=1S/C27H39N3OS2/c1-5-14-29-15-7-9-23-18-22(12-13-26(23)29)20-30(16-8-17-31-21(2)3)27(32)28-24-10-6-11-25(19-24)33-4/h6,10-13,18-19,21H,5,7-9,14-17,20H2,1-4H3,(H,28,32). The molecule has 1 N–H and O–H groups in total. The molecule has 1 aliphatic rings. The molecule has 1 heterocycles. The van der Waals surface area contributed by atoms with E-state index in [1.807, 2.05) is 0 Å². The average molecular weight is 486 g/mol. The van der Waals surface area contributed by atoms with Crippen molar-refractivity contribution in [3.05, 3.63) is 53.6 Å². The summed E-state index contributed by atoms with van der Waals surface area (Å²) >= 11 is 7.61. The molecule has 3 rings (SSSR count). The maximum atomic E-state index is 5.87. The average Bonchev–Trinajstić information content (AvgIpc) is 2.81. The van der Waals surface area contributed by atoms with Crippen molar-refractivity contribution in [3.63, 3.8) is 0 Å². The van der Waals surface area contributed by atoms with Gasteiger partial charge in [0.15, 0.2) is 5.11 Å². The van der Waals surface area contributed by atoms with E-state index in [1.54, 1.807) is 11.8 Å². The van der Waals surface area contributed by atoms with E-state index < -0.39 is 0 Å². The van der Waals surface area contributed by atoms with Crippen LogP contribution in [-0.4, -0.2) is 48.6 Å². The molecule has 0 aliphatic carbocycles. The first-order valence-electron chi connectivity index (χ1n) is 12.2. The van der Waals surface area contributed by atoms with Gasteiger partial charge in [-0.15, -0.1) is 11.8 Å². The molecule has 0 aromatic heterocycles. The molecule has 0 radical (unpaired) electrons. The Balaban J connectivity index is 1.72. The second-order valence-electron chi connectivity index (χ2n) is 8.91. The highest BCUT2D eigenvalue weighted by Gasteiger charge is 2.18. The van der Waals surface area contributed by atoms with Gasteiger partial charge in [-0.2, -0.15) is 0 Å². The summed E-state index contributed by atoms with van der Waals surface area (Å²) in [6.45, 7) is 11.1. The number of benzene rings is 2. The van der Waals surface area contributed by atoms with Gasteiger partial charge in [0, 0.05) is 49.1 Å². The van der Waals surface area contributed by atoms with Gasteiger partial charge < -0.3 is 19.9 Å². The molecule has 0 amide bonds. The van der Waals surface area contributed by atoms with Crippen LogP contribution in [0.4, 0.5) is 11.4 Å². The molecular formula is C27H39N3OS2. The van der Waals surface area contributed by atoms with Crippen LogP contribution in [0.2, 0.25) is 0 Å². The Kier molecular flexibility index (Phi) is 10.4. The van der Waals surface area contributed by atoms with E-state index in [1.165, 1.54) is 41.1 Å². The summed E-state index contributed by atoms with van der Waals surface area (Å²) in [6.07, 6.45) is 6.87. The van der Waals surface area contributed by atoms with Crippen molar-refractivity contribution in [3.8, 4) is 0 Å². The number of thiocarbonyl (C=S) groups is 1. The number of fused-ring (bicyclic) bond motifs is 1. The fourth-order valence-electron chi connectivity index (χ4n) is 4.28. The number of aryl methyl sites for hydroxylation is 1. The summed E-state index contributed by atoms with van der Waals surface area (Å²) in [5.41, 5.74) is 5.25. The molecule has 1 aliphatic heterocycles. The van der Waals surface area contributed by atoms with Crippen molar-refractivity contribution in [2.45, 2.75) is 64.0 Å². The molecule has 4 nitrogen and oxygen atoms in total. The molecule has 180 valence electrons. The van der Waals surface area contributed by atoms with Crippen molar-refractivity contribution >= 4 is 40.5 Å². The van der Waals surface area contributed by atoms with Crippen molar-refractivity contribution in [2.24, 2.45) is 0 Å². The Labute approximate surface area is 210 Å². The van der Waals surface area contributed by atoms with Crippen molar-refractivity contribution in [1.82, 2.24) is 4.90 Å². The van der Waals surface area contributed by atoms with Crippen LogP contribution in [-0.2, 0) is 17.7 Å². The topological polar surface area (TPSA) is 27.7 Å². The highest BCUT2D eigenvalue weighted by Crippen LogP contribution is 2.29. The molecule has 2 aromatic rings. The van der Waals surface area contributed by atoms with Crippen molar-refractivity contribution in [1.29, 1.82) is 0 Å². The number of anilines is 2. The van der Waals surface area contributed by atoms with E-state index in [2.05, 4.69) is 84.6 Å². The van der Waals surface area contributed by atoms with Gasteiger partial charge in [0.2, 0.25) is 0 Å². The molecule has 0 spiro atoms. The lowest BCUT2D eigenvalue weighted by Crippen LogP contribution is -2.36. The van der Waals surface area contributed by atoms with Gasteiger partial charge >= 0.3 is 0 Å². The summed E-state index contributed by atoms with van der Waals surface area (Å²) in [5, 5.41) is 4.23. The predicted molar refractivity (Wildman–Crippen MR) is 148 cm³/mol. The van der Waals surface area contributed by atoms with Crippen molar-refractivity contribution < 1.29 is 4.74 Å². The largest absolute Gasteiger partial charge is 0.379 e. The summed E-state index contributed by atoms with van der Waals surface area (Å²) in [4.78, 5) is 6.04. The highest BCUT2D eigenvalue weighted by molar-refractivity contribution is 7.98. The number of hydrogen-bond donors (Lipinski definition) is 1. The van der Waals surface area contributed by atoms with E-state index in [4.69, 9.17) is 17.0 Å². The van der Waals surface area contributed by atoms with E-state index in [-0.39, 0.29) is 6.10 Å². The van der Waals surface area contributed by atoms with Crippen LogP contribution in [0.1, 0.15) is 51.2 Å². The molecule has 0 unspecified atom stereocenters. The molecule has 6 heteroatoms. The van der Waals surface area contributed by atoms with Crippen molar-refractivity contribution in [2.75, 3.05) is 42.7 Å². The number of hydrogen-bond acceptors (Lipinski definition) is 4. The van der Waals surface area contributed by atoms with E-state index in [9.17, 15) is 0 Å². The lowest BCUT2D eigenvalue weighted by molar-refractivity contribution is 0.0739. The first-order valence-corrected chi connectivity index (χ1v) is 13.8. The predicted octanol–water partition coefficient (Wildman–Crippen LogP) is 6.59. The zero-order chi connectivity index (χ0) is 23.6. The van der Waals surface area contributed by atoms with Crippen LogP contribution in [0.5, 0.6) is 0 Å².